The van der Waals surface area contributed by atoms with Gasteiger partial charge in [-0.15, -0.1) is 0 Å². The van der Waals surface area contributed by atoms with E-state index in [2.05, 4.69) is 13.8 Å². The lowest BCUT2D eigenvalue weighted by atomic mass is 9.73. The van der Waals surface area contributed by atoms with Crippen molar-refractivity contribution in [3.63, 3.8) is 0 Å². The molecule has 0 atom stereocenters. The minimum atomic E-state index is 0.417. The Bertz CT molecular complexity index is 487. The first kappa shape index (κ1) is 26.3. The van der Waals surface area contributed by atoms with Gasteiger partial charge in [0.25, 0.3) is 0 Å². The van der Waals surface area contributed by atoms with E-state index >= 15 is 0 Å². The van der Waals surface area contributed by atoms with E-state index < -0.39 is 0 Å². The second-order valence-electron chi connectivity index (χ2n) is 12.4. The molecule has 0 heterocycles. The molecule has 0 aromatic rings. The normalized spacial score (nSPS) is 33.8. The smallest absolute Gasteiger partial charge is 0.135 e. The summed E-state index contributed by atoms with van der Waals surface area (Å²) in [7, 11) is 0. The first-order chi connectivity index (χ1) is 15.7. The molecule has 3 saturated carbocycles. The summed E-state index contributed by atoms with van der Waals surface area (Å²) in [4.78, 5) is 12.4. The minimum Gasteiger partial charge on any atom is -0.299 e. The van der Waals surface area contributed by atoms with Gasteiger partial charge >= 0.3 is 0 Å². The zero-order valence-electron chi connectivity index (χ0n) is 21.9. The monoisotopic (exact) mass is 444 g/mol. The second kappa shape index (κ2) is 14.8. The van der Waals surface area contributed by atoms with Crippen molar-refractivity contribution >= 4 is 5.78 Å². The van der Waals surface area contributed by atoms with Gasteiger partial charge in [0.15, 0.2) is 0 Å². The fraction of sp³-hybridized carbons (Fsp3) is 0.968. The molecule has 3 rings (SSSR count). The van der Waals surface area contributed by atoms with Crippen LogP contribution in [0.15, 0.2) is 0 Å². The molecule has 0 spiro atoms. The number of rotatable bonds is 13. The summed E-state index contributed by atoms with van der Waals surface area (Å²) in [6.07, 6.45) is 30.6. The molecule has 0 amide bonds. The standard InChI is InChI=1S/C31H56O/c1-3-5-6-8-31(32)30-23-21-29(22-24-30)20-19-28-17-15-27(16-18-28)14-13-26-11-9-25(7-4-2)10-12-26/h25-30H,3-24H2,1-2H3. The van der Waals surface area contributed by atoms with Crippen molar-refractivity contribution in [3.8, 4) is 0 Å². The van der Waals surface area contributed by atoms with Crippen LogP contribution in [-0.2, 0) is 4.79 Å². The molecule has 0 radical (unpaired) electrons. The molecule has 0 aromatic carbocycles. The Labute approximate surface area is 201 Å². The van der Waals surface area contributed by atoms with Gasteiger partial charge in [-0.1, -0.05) is 117 Å². The van der Waals surface area contributed by atoms with E-state index in [1.807, 2.05) is 0 Å². The number of Topliss-reactive ketones (excluding diaryl/α,β-unsaturated/α-hetero) is 1. The van der Waals surface area contributed by atoms with Crippen LogP contribution in [0.3, 0.4) is 0 Å². The van der Waals surface area contributed by atoms with Gasteiger partial charge in [-0.05, 0) is 61.7 Å². The van der Waals surface area contributed by atoms with Crippen LogP contribution >= 0.6 is 0 Å². The second-order valence-corrected chi connectivity index (χ2v) is 12.4. The van der Waals surface area contributed by atoms with Gasteiger partial charge in [0.05, 0.1) is 0 Å². The van der Waals surface area contributed by atoms with Gasteiger partial charge in [-0.2, -0.15) is 0 Å². The Balaban J connectivity index is 1.21. The van der Waals surface area contributed by atoms with E-state index in [9.17, 15) is 4.79 Å². The van der Waals surface area contributed by atoms with Crippen molar-refractivity contribution in [2.24, 2.45) is 35.5 Å². The van der Waals surface area contributed by atoms with Gasteiger partial charge in [0, 0.05) is 12.3 Å². The lowest BCUT2D eigenvalue weighted by Gasteiger charge is -2.33. The SMILES string of the molecule is CCCCCC(=O)C1CCC(CCC2CCC(CCC3CCC(CCC)CC3)CC2)CC1. The van der Waals surface area contributed by atoms with Crippen molar-refractivity contribution in [1.82, 2.24) is 0 Å². The summed E-state index contributed by atoms with van der Waals surface area (Å²) in [6, 6.07) is 0. The lowest BCUT2D eigenvalue weighted by Crippen LogP contribution is -2.23. The van der Waals surface area contributed by atoms with Crippen LogP contribution in [0, 0.1) is 35.5 Å². The van der Waals surface area contributed by atoms with E-state index in [0.717, 1.165) is 42.4 Å². The topological polar surface area (TPSA) is 17.1 Å². The Morgan fingerprint density at radius 3 is 1.25 bits per heavy atom. The summed E-state index contributed by atoms with van der Waals surface area (Å²) in [6.45, 7) is 4.58. The van der Waals surface area contributed by atoms with Crippen molar-refractivity contribution in [1.29, 1.82) is 0 Å². The van der Waals surface area contributed by atoms with Crippen molar-refractivity contribution in [3.05, 3.63) is 0 Å². The molecule has 0 N–H and O–H groups in total. The first-order valence-electron chi connectivity index (χ1n) is 15.2. The third-order valence-corrected chi connectivity index (χ3v) is 9.92. The van der Waals surface area contributed by atoms with Crippen LogP contribution in [0.2, 0.25) is 0 Å². The van der Waals surface area contributed by atoms with Gasteiger partial charge < -0.3 is 0 Å². The summed E-state index contributed by atoms with van der Waals surface area (Å²) in [5.74, 6) is 6.13. The van der Waals surface area contributed by atoms with E-state index in [1.54, 1.807) is 0 Å². The maximum absolute atomic E-state index is 12.4. The minimum absolute atomic E-state index is 0.417. The van der Waals surface area contributed by atoms with Crippen LogP contribution in [-0.4, -0.2) is 5.78 Å². The molecule has 3 aliphatic carbocycles. The zero-order chi connectivity index (χ0) is 22.6. The number of carbonyl (C=O) groups excluding carboxylic acids is 1. The van der Waals surface area contributed by atoms with Gasteiger partial charge in [-0.25, -0.2) is 0 Å². The van der Waals surface area contributed by atoms with Crippen LogP contribution in [0.1, 0.15) is 155 Å². The Morgan fingerprint density at radius 2 is 0.875 bits per heavy atom. The van der Waals surface area contributed by atoms with Crippen molar-refractivity contribution in [2.45, 2.75) is 155 Å². The highest BCUT2D eigenvalue weighted by atomic mass is 16.1. The highest BCUT2D eigenvalue weighted by Crippen LogP contribution is 2.40. The fourth-order valence-electron chi connectivity index (χ4n) is 7.50. The first-order valence-corrected chi connectivity index (χ1v) is 15.2. The molecule has 0 aromatic heterocycles. The van der Waals surface area contributed by atoms with Crippen molar-refractivity contribution < 1.29 is 4.79 Å². The van der Waals surface area contributed by atoms with E-state index in [0.29, 0.717) is 11.7 Å². The van der Waals surface area contributed by atoms with Crippen LogP contribution in [0.5, 0.6) is 0 Å². The number of carbonyl (C=O) groups is 1. The molecule has 3 aliphatic rings. The summed E-state index contributed by atoms with van der Waals surface area (Å²) >= 11 is 0. The van der Waals surface area contributed by atoms with Crippen LogP contribution in [0.4, 0.5) is 0 Å². The highest BCUT2D eigenvalue weighted by Gasteiger charge is 2.28. The Hall–Kier alpha value is -0.330. The van der Waals surface area contributed by atoms with E-state index in [1.165, 1.54) is 128 Å². The van der Waals surface area contributed by atoms with Crippen LogP contribution in [0.25, 0.3) is 0 Å². The van der Waals surface area contributed by atoms with E-state index in [-0.39, 0.29) is 0 Å². The Morgan fingerprint density at radius 1 is 0.500 bits per heavy atom. The summed E-state index contributed by atoms with van der Waals surface area (Å²) in [5.41, 5.74) is 0. The molecule has 1 nitrogen and oxygen atoms in total. The molecule has 32 heavy (non-hydrogen) atoms. The molecule has 0 bridgehead atoms. The molecule has 3 fully saturated rings. The molecule has 1 heteroatoms. The third-order valence-electron chi connectivity index (χ3n) is 9.92. The van der Waals surface area contributed by atoms with Gasteiger partial charge in [-0.3, -0.25) is 4.79 Å². The summed E-state index contributed by atoms with van der Waals surface area (Å²) in [5, 5.41) is 0. The maximum atomic E-state index is 12.4. The Kier molecular flexibility index (Phi) is 12.2. The summed E-state index contributed by atoms with van der Waals surface area (Å²) < 4.78 is 0. The van der Waals surface area contributed by atoms with Crippen molar-refractivity contribution in [2.75, 3.05) is 0 Å². The molecular weight excluding hydrogens is 388 g/mol. The number of hydrogen-bond donors (Lipinski definition) is 0. The molecule has 186 valence electrons. The molecule has 0 unspecified atom stereocenters. The number of hydrogen-bond acceptors (Lipinski definition) is 1. The van der Waals surface area contributed by atoms with E-state index in [4.69, 9.17) is 0 Å². The van der Waals surface area contributed by atoms with Gasteiger partial charge in [0.2, 0.25) is 0 Å². The number of ketones is 1. The lowest BCUT2D eigenvalue weighted by molar-refractivity contribution is -0.124. The number of unbranched alkanes of at least 4 members (excludes halogenated alkanes) is 2. The molecule has 0 saturated heterocycles. The average molecular weight is 445 g/mol. The van der Waals surface area contributed by atoms with Gasteiger partial charge in [0.1, 0.15) is 5.78 Å². The zero-order valence-corrected chi connectivity index (χ0v) is 21.9. The largest absolute Gasteiger partial charge is 0.299 e. The quantitative estimate of drug-likeness (QED) is 0.258. The maximum Gasteiger partial charge on any atom is 0.135 e. The molecular formula is C31H56O. The third kappa shape index (κ3) is 9.13. The van der Waals surface area contributed by atoms with Crippen LogP contribution < -0.4 is 0 Å². The predicted molar refractivity (Wildman–Crippen MR) is 139 cm³/mol. The molecule has 0 aliphatic heterocycles. The average Bonchev–Trinajstić information content (AvgIpc) is 2.83. The fourth-order valence-corrected chi connectivity index (χ4v) is 7.50. The predicted octanol–water partition coefficient (Wildman–Crippen LogP) is 9.92. The highest BCUT2D eigenvalue weighted by molar-refractivity contribution is 5.81.